The maximum absolute atomic E-state index is 12.7. The highest BCUT2D eigenvalue weighted by atomic mass is 32.1. The molecule has 0 spiro atoms. The summed E-state index contributed by atoms with van der Waals surface area (Å²) in [5, 5.41) is 15.8. The normalized spacial score (nSPS) is 14.3. The third-order valence-electron chi connectivity index (χ3n) is 3.88. The molecule has 0 bridgehead atoms. The van der Waals surface area contributed by atoms with Crippen LogP contribution >= 0.6 is 12.6 Å². The fourth-order valence-electron chi connectivity index (χ4n) is 2.19. The predicted octanol–water partition coefficient (Wildman–Crippen LogP) is -4.27. The van der Waals surface area contributed by atoms with E-state index in [1.807, 2.05) is 0 Å². The van der Waals surface area contributed by atoms with Gasteiger partial charge in [-0.1, -0.05) is 0 Å². The third kappa shape index (κ3) is 11.6. The minimum Gasteiger partial charge on any atom is -0.480 e. The van der Waals surface area contributed by atoms with Crippen LogP contribution in [0.3, 0.4) is 0 Å². The molecule has 0 saturated carbocycles. The van der Waals surface area contributed by atoms with Crippen LogP contribution in [0.1, 0.15) is 26.2 Å². The number of guanidine groups is 1. The van der Waals surface area contributed by atoms with Crippen molar-refractivity contribution in [1.82, 2.24) is 16.0 Å². The van der Waals surface area contributed by atoms with E-state index in [2.05, 4.69) is 33.6 Å². The van der Waals surface area contributed by atoms with Crippen molar-refractivity contribution >= 4 is 48.2 Å². The number of nitrogens with zero attached hydrogens (tertiary/aromatic N) is 1. The second kappa shape index (κ2) is 14.0. The summed E-state index contributed by atoms with van der Waals surface area (Å²) < 4.78 is 0. The minimum absolute atomic E-state index is 0.0218. The number of aliphatic carboxylic acids is 1. The van der Waals surface area contributed by atoms with E-state index in [4.69, 9.17) is 28.0 Å². The highest BCUT2D eigenvalue weighted by molar-refractivity contribution is 7.80. The lowest BCUT2D eigenvalue weighted by atomic mass is 10.1. The molecule has 0 fully saturated rings. The largest absolute Gasteiger partial charge is 0.480 e. The highest BCUT2D eigenvalue weighted by Gasteiger charge is 2.30. The molecule has 31 heavy (non-hydrogen) atoms. The second-order valence-electron chi connectivity index (χ2n) is 6.60. The van der Waals surface area contributed by atoms with Gasteiger partial charge in [0.15, 0.2) is 5.96 Å². The molecule has 4 unspecified atom stereocenters. The molecule has 176 valence electrons. The number of aliphatic imine (C=N–C) groups is 1. The molecule has 0 saturated heterocycles. The van der Waals surface area contributed by atoms with Crippen LogP contribution in [0.4, 0.5) is 0 Å². The molecule has 15 heteroatoms. The van der Waals surface area contributed by atoms with Crippen LogP contribution in [-0.4, -0.2) is 77.1 Å². The van der Waals surface area contributed by atoms with E-state index in [0.29, 0.717) is 0 Å². The molecular formula is C16H30N8O6S. The second-order valence-corrected chi connectivity index (χ2v) is 6.96. The molecule has 0 aliphatic rings. The molecule has 0 aliphatic carbocycles. The standard InChI is InChI=1S/C16H30N8O6S/c1-7(15(29)30)22-14(28)10(5-11(18)25)24-13(27)9(3-2-4-21-16(19)20)23-12(26)8(17)6-31/h7-10,31H,2-6,17H2,1H3,(H2,18,25)(H,22,28)(H,23,26)(H,24,27)(H,29,30)(H4,19,20,21). The molecule has 14 nitrogen and oxygen atoms in total. The first-order valence-electron chi connectivity index (χ1n) is 9.23. The molecule has 0 aromatic heterocycles. The number of hydrogen-bond acceptors (Lipinski definition) is 8. The molecule has 0 radical (unpaired) electrons. The van der Waals surface area contributed by atoms with Crippen molar-refractivity contribution < 1.29 is 29.1 Å². The monoisotopic (exact) mass is 462 g/mol. The number of carboxylic acids is 1. The van der Waals surface area contributed by atoms with Crippen LogP contribution in [0.5, 0.6) is 0 Å². The van der Waals surface area contributed by atoms with Gasteiger partial charge in [0, 0.05) is 12.3 Å². The van der Waals surface area contributed by atoms with Gasteiger partial charge in [-0.25, -0.2) is 0 Å². The summed E-state index contributed by atoms with van der Waals surface area (Å²) in [4.78, 5) is 63.1. The molecule has 4 amide bonds. The Kier molecular flexibility index (Phi) is 12.6. The van der Waals surface area contributed by atoms with Crippen molar-refractivity contribution in [2.45, 2.75) is 50.4 Å². The van der Waals surface area contributed by atoms with Crippen molar-refractivity contribution in [3.63, 3.8) is 0 Å². The summed E-state index contributed by atoms with van der Waals surface area (Å²) in [5.41, 5.74) is 21.2. The van der Waals surface area contributed by atoms with E-state index in [0.717, 1.165) is 0 Å². The summed E-state index contributed by atoms with van der Waals surface area (Å²) in [6, 6.07) is -4.86. The van der Waals surface area contributed by atoms with Crippen LogP contribution < -0.4 is 38.9 Å². The van der Waals surface area contributed by atoms with Crippen molar-refractivity contribution in [3.05, 3.63) is 0 Å². The summed E-state index contributed by atoms with van der Waals surface area (Å²) in [5.74, 6) is -4.75. The lowest BCUT2D eigenvalue weighted by Crippen LogP contribution is -2.57. The number of rotatable bonds is 14. The van der Waals surface area contributed by atoms with Crippen LogP contribution in [0, 0.1) is 0 Å². The number of hydrogen-bond donors (Lipinski definition) is 9. The third-order valence-corrected chi connectivity index (χ3v) is 4.27. The first kappa shape index (κ1) is 27.9. The van der Waals surface area contributed by atoms with Gasteiger partial charge in [-0.2, -0.15) is 12.6 Å². The number of nitrogens with two attached hydrogens (primary N) is 4. The molecule has 0 rings (SSSR count). The van der Waals surface area contributed by atoms with Crippen molar-refractivity contribution in [1.29, 1.82) is 0 Å². The van der Waals surface area contributed by atoms with Gasteiger partial charge >= 0.3 is 5.97 Å². The van der Waals surface area contributed by atoms with Gasteiger partial charge in [-0.15, -0.1) is 0 Å². The number of carbonyl (C=O) groups excluding carboxylic acids is 4. The van der Waals surface area contributed by atoms with Crippen molar-refractivity contribution in [2.75, 3.05) is 12.3 Å². The Morgan fingerprint density at radius 1 is 0.968 bits per heavy atom. The first-order chi connectivity index (χ1) is 14.4. The number of thiol groups is 1. The first-order valence-corrected chi connectivity index (χ1v) is 9.86. The smallest absolute Gasteiger partial charge is 0.325 e. The Morgan fingerprint density at radius 3 is 2.00 bits per heavy atom. The summed E-state index contributed by atoms with van der Waals surface area (Å²) in [7, 11) is 0. The molecule has 0 aliphatic heterocycles. The Labute approximate surface area is 184 Å². The van der Waals surface area contributed by atoms with Gasteiger partial charge in [0.05, 0.1) is 12.5 Å². The van der Waals surface area contributed by atoms with Crippen LogP contribution in [-0.2, 0) is 24.0 Å². The maximum atomic E-state index is 12.7. The van der Waals surface area contributed by atoms with Crippen LogP contribution in [0.25, 0.3) is 0 Å². The average Bonchev–Trinajstić information content (AvgIpc) is 2.67. The number of primary amides is 1. The zero-order valence-electron chi connectivity index (χ0n) is 17.0. The van der Waals surface area contributed by atoms with Gasteiger partial charge in [-0.05, 0) is 19.8 Å². The minimum atomic E-state index is -1.46. The lowest BCUT2D eigenvalue weighted by molar-refractivity contribution is -0.142. The van der Waals surface area contributed by atoms with Gasteiger partial charge < -0.3 is 44.0 Å². The van der Waals surface area contributed by atoms with E-state index in [1.54, 1.807) is 0 Å². The SMILES string of the molecule is CC(NC(=O)C(CC(N)=O)NC(=O)C(CCCN=C(N)N)NC(=O)C(N)CS)C(=O)O. The number of amides is 4. The average molecular weight is 463 g/mol. The van der Waals surface area contributed by atoms with Crippen LogP contribution in [0.2, 0.25) is 0 Å². The van der Waals surface area contributed by atoms with Gasteiger partial charge in [0.25, 0.3) is 0 Å². The quantitative estimate of drug-likeness (QED) is 0.0523. The van der Waals surface area contributed by atoms with Crippen LogP contribution in [0.15, 0.2) is 4.99 Å². The van der Waals surface area contributed by atoms with Crippen molar-refractivity contribution in [2.24, 2.45) is 27.9 Å². The topological polar surface area (TPSA) is 258 Å². The Balaban J connectivity index is 5.39. The predicted molar refractivity (Wildman–Crippen MR) is 115 cm³/mol. The fourth-order valence-corrected chi connectivity index (χ4v) is 2.36. The van der Waals surface area contributed by atoms with E-state index in [1.165, 1.54) is 6.92 Å². The molecular weight excluding hydrogens is 432 g/mol. The maximum Gasteiger partial charge on any atom is 0.325 e. The van der Waals surface area contributed by atoms with E-state index in [-0.39, 0.29) is 31.1 Å². The summed E-state index contributed by atoms with van der Waals surface area (Å²) in [6.07, 6.45) is -0.228. The van der Waals surface area contributed by atoms with Crippen molar-refractivity contribution in [3.8, 4) is 0 Å². The van der Waals surface area contributed by atoms with Gasteiger partial charge in [0.1, 0.15) is 18.1 Å². The number of carbonyl (C=O) groups is 5. The van der Waals surface area contributed by atoms with E-state index >= 15 is 0 Å². The molecule has 0 aromatic carbocycles. The molecule has 0 heterocycles. The Hall–Kier alpha value is -3.07. The molecule has 4 atom stereocenters. The molecule has 0 aromatic rings. The Morgan fingerprint density at radius 2 is 1.52 bits per heavy atom. The zero-order valence-corrected chi connectivity index (χ0v) is 17.9. The van der Waals surface area contributed by atoms with E-state index in [9.17, 15) is 24.0 Å². The van der Waals surface area contributed by atoms with E-state index < -0.39 is 60.2 Å². The Bertz CT molecular complexity index is 700. The zero-order chi connectivity index (χ0) is 24.1. The van der Waals surface area contributed by atoms with Gasteiger partial charge in [-0.3, -0.25) is 29.0 Å². The number of nitrogens with one attached hydrogen (secondary N) is 3. The lowest BCUT2D eigenvalue weighted by Gasteiger charge is -2.24. The summed E-state index contributed by atoms with van der Waals surface area (Å²) >= 11 is 3.92. The van der Waals surface area contributed by atoms with Gasteiger partial charge in [0.2, 0.25) is 23.6 Å². The highest BCUT2D eigenvalue weighted by Crippen LogP contribution is 2.03. The number of carboxylic acid groups (broad SMARTS) is 1. The molecule has 12 N–H and O–H groups in total. The summed E-state index contributed by atoms with van der Waals surface area (Å²) in [6.45, 7) is 1.37. The fraction of sp³-hybridized carbons (Fsp3) is 0.625.